The molecule has 0 atom stereocenters. The zero-order valence-electron chi connectivity index (χ0n) is 19.3. The molecule has 0 fully saturated rings. The Hall–Kier alpha value is -3.34. The van der Waals surface area contributed by atoms with Crippen molar-refractivity contribution in [3.8, 4) is 0 Å². The van der Waals surface area contributed by atoms with E-state index < -0.39 is 0 Å². The maximum Gasteiger partial charge on any atom is 0.291 e. The van der Waals surface area contributed by atoms with Gasteiger partial charge in [0.1, 0.15) is 0 Å². The van der Waals surface area contributed by atoms with Crippen LogP contribution in [-0.2, 0) is 13.0 Å². The topological polar surface area (TPSA) is 108 Å². The minimum atomic E-state index is -0.287. The number of hydrogen-bond donors (Lipinski definition) is 4. The first-order valence-electron chi connectivity index (χ1n) is 10.9. The summed E-state index contributed by atoms with van der Waals surface area (Å²) < 4.78 is 5.10. The predicted molar refractivity (Wildman–Crippen MR) is 145 cm³/mol. The zero-order chi connectivity index (χ0) is 23.5. The van der Waals surface area contributed by atoms with Crippen LogP contribution in [0.2, 0.25) is 0 Å². The van der Waals surface area contributed by atoms with Crippen LogP contribution in [0, 0.1) is 0 Å². The second-order valence-corrected chi connectivity index (χ2v) is 7.28. The van der Waals surface area contributed by atoms with E-state index in [2.05, 4.69) is 26.3 Å². The minimum Gasteiger partial charge on any atom is -0.459 e. The predicted octanol–water partition coefficient (Wildman–Crippen LogP) is 3.81. The molecule has 3 aromatic rings. The zero-order valence-corrected chi connectivity index (χ0v) is 21.6. The van der Waals surface area contributed by atoms with Crippen LogP contribution in [-0.4, -0.2) is 37.9 Å². The van der Waals surface area contributed by atoms with Crippen molar-refractivity contribution in [1.82, 2.24) is 16.0 Å². The maximum absolute atomic E-state index is 12.1. The molecule has 0 aliphatic heterocycles. The Morgan fingerprint density at radius 2 is 1.74 bits per heavy atom. The number of hydrogen-bond acceptors (Lipinski definition) is 4. The smallest absolute Gasteiger partial charge is 0.291 e. The van der Waals surface area contributed by atoms with Gasteiger partial charge in [0.2, 0.25) is 0 Å². The third-order valence-corrected chi connectivity index (χ3v) is 4.84. The normalized spacial score (nSPS) is 10.7. The van der Waals surface area contributed by atoms with E-state index in [-0.39, 0.29) is 41.6 Å². The molecule has 0 saturated heterocycles. The Bertz CT molecular complexity index is 1080. The lowest BCUT2D eigenvalue weighted by molar-refractivity contribution is 0.0961. The van der Waals surface area contributed by atoms with Crippen molar-refractivity contribution in [2.45, 2.75) is 19.9 Å². The molecule has 0 aliphatic carbocycles. The fourth-order valence-electron chi connectivity index (χ4n) is 3.14. The lowest BCUT2D eigenvalue weighted by atomic mass is 10.1. The summed E-state index contributed by atoms with van der Waals surface area (Å²) in [6.45, 7) is 3.94. The molecule has 0 saturated carbocycles. The van der Waals surface area contributed by atoms with Crippen LogP contribution < -0.4 is 21.3 Å². The summed E-state index contributed by atoms with van der Waals surface area (Å²) in [4.78, 5) is 28.5. The lowest BCUT2D eigenvalue weighted by Gasteiger charge is -2.12. The number of carbonyl (C=O) groups excluding carboxylic acids is 2. The number of guanidine groups is 1. The quantitative estimate of drug-likeness (QED) is 0.177. The third-order valence-electron chi connectivity index (χ3n) is 4.84. The van der Waals surface area contributed by atoms with Gasteiger partial charge in [-0.3, -0.25) is 9.59 Å². The van der Waals surface area contributed by atoms with Crippen molar-refractivity contribution in [2.24, 2.45) is 4.99 Å². The Labute approximate surface area is 216 Å². The molecule has 0 bridgehead atoms. The van der Waals surface area contributed by atoms with E-state index >= 15 is 0 Å². The van der Waals surface area contributed by atoms with Crippen LogP contribution in [0.25, 0.3) is 0 Å². The van der Waals surface area contributed by atoms with Gasteiger partial charge in [-0.15, -0.1) is 24.0 Å². The van der Waals surface area contributed by atoms with E-state index in [0.717, 1.165) is 30.1 Å². The third kappa shape index (κ3) is 8.22. The van der Waals surface area contributed by atoms with E-state index in [9.17, 15) is 9.59 Å². The van der Waals surface area contributed by atoms with Gasteiger partial charge < -0.3 is 25.7 Å². The summed E-state index contributed by atoms with van der Waals surface area (Å²) in [5.41, 5.74) is 3.43. The van der Waals surface area contributed by atoms with Gasteiger partial charge in [-0.2, -0.15) is 0 Å². The van der Waals surface area contributed by atoms with Crippen LogP contribution in [0.15, 0.2) is 76.3 Å². The molecule has 0 radical (unpaired) electrons. The maximum atomic E-state index is 12.1. The standard InChI is InChI=1S/C25H29N5O3.HI/c1-3-27-25(28-14-13-18-6-4-7-20(16-18)23(31)26-2)29-17-19-9-11-21(12-10-19)30-24(32)22-8-5-15-33-22;/h4-12,15-16H,3,13-14,17H2,1-2H3,(H,26,31)(H,30,32)(H2,27,28,29);1H. The molecule has 4 N–H and O–H groups in total. The van der Waals surface area contributed by atoms with Crippen molar-refractivity contribution in [3.63, 3.8) is 0 Å². The first kappa shape index (κ1) is 26.9. The SMILES string of the molecule is CCNC(=NCc1ccc(NC(=O)c2ccco2)cc1)NCCc1cccc(C(=O)NC)c1.I. The van der Waals surface area contributed by atoms with Gasteiger partial charge in [0.15, 0.2) is 11.7 Å². The summed E-state index contributed by atoms with van der Waals surface area (Å²) in [5.74, 6) is 0.608. The first-order chi connectivity index (χ1) is 16.1. The summed E-state index contributed by atoms with van der Waals surface area (Å²) in [6.07, 6.45) is 2.23. The molecule has 0 spiro atoms. The van der Waals surface area contributed by atoms with Crippen molar-refractivity contribution >= 4 is 47.4 Å². The fraction of sp³-hybridized carbons (Fsp3) is 0.240. The minimum absolute atomic E-state index is 0. The van der Waals surface area contributed by atoms with Gasteiger partial charge >= 0.3 is 0 Å². The molecular weight excluding hydrogens is 545 g/mol. The Kier molecular flexibility index (Phi) is 11.1. The van der Waals surface area contributed by atoms with Crippen LogP contribution in [0.4, 0.5) is 5.69 Å². The number of furan rings is 1. The van der Waals surface area contributed by atoms with Crippen LogP contribution in [0.1, 0.15) is 39.0 Å². The van der Waals surface area contributed by atoms with E-state index in [1.165, 1.54) is 6.26 Å². The molecule has 1 heterocycles. The van der Waals surface area contributed by atoms with E-state index in [4.69, 9.17) is 4.42 Å². The second-order valence-electron chi connectivity index (χ2n) is 7.28. The summed E-state index contributed by atoms with van der Waals surface area (Å²) in [7, 11) is 1.63. The Balaban J connectivity index is 0.00000408. The van der Waals surface area contributed by atoms with Crippen LogP contribution in [0.5, 0.6) is 0 Å². The monoisotopic (exact) mass is 575 g/mol. The molecule has 2 amide bonds. The highest BCUT2D eigenvalue weighted by Crippen LogP contribution is 2.12. The van der Waals surface area contributed by atoms with Gasteiger partial charge in [0.25, 0.3) is 11.8 Å². The molecule has 8 nitrogen and oxygen atoms in total. The van der Waals surface area contributed by atoms with Crippen molar-refractivity contribution in [2.75, 3.05) is 25.5 Å². The number of anilines is 1. The number of nitrogens with one attached hydrogen (secondary N) is 4. The van der Waals surface area contributed by atoms with Gasteiger partial charge in [-0.25, -0.2) is 4.99 Å². The first-order valence-corrected chi connectivity index (χ1v) is 10.9. The van der Waals surface area contributed by atoms with E-state index in [0.29, 0.717) is 24.3 Å². The van der Waals surface area contributed by atoms with Gasteiger partial charge in [-0.1, -0.05) is 24.3 Å². The average molecular weight is 575 g/mol. The van der Waals surface area contributed by atoms with Crippen molar-refractivity contribution in [3.05, 3.63) is 89.4 Å². The number of halogens is 1. The summed E-state index contributed by atoms with van der Waals surface area (Å²) >= 11 is 0. The molecule has 1 aromatic heterocycles. The van der Waals surface area contributed by atoms with Crippen LogP contribution >= 0.6 is 24.0 Å². The Morgan fingerprint density at radius 3 is 2.41 bits per heavy atom. The average Bonchev–Trinajstić information content (AvgIpc) is 3.38. The van der Waals surface area contributed by atoms with Crippen molar-refractivity contribution < 1.29 is 14.0 Å². The Morgan fingerprint density at radius 1 is 0.941 bits per heavy atom. The molecule has 180 valence electrons. The molecule has 2 aromatic carbocycles. The number of amides is 2. The molecule has 0 aliphatic rings. The van der Waals surface area contributed by atoms with Crippen LogP contribution in [0.3, 0.4) is 0 Å². The number of carbonyl (C=O) groups is 2. The highest BCUT2D eigenvalue weighted by molar-refractivity contribution is 14.0. The highest BCUT2D eigenvalue weighted by atomic mass is 127. The number of benzene rings is 2. The number of nitrogens with zero attached hydrogens (tertiary/aromatic N) is 1. The van der Waals surface area contributed by atoms with E-state index in [1.54, 1.807) is 25.2 Å². The van der Waals surface area contributed by atoms with Crippen molar-refractivity contribution in [1.29, 1.82) is 0 Å². The van der Waals surface area contributed by atoms with Gasteiger partial charge in [0.05, 0.1) is 12.8 Å². The molecule has 3 rings (SSSR count). The summed E-state index contributed by atoms with van der Waals surface area (Å²) in [5, 5.41) is 12.0. The fourth-order valence-corrected chi connectivity index (χ4v) is 3.14. The summed E-state index contributed by atoms with van der Waals surface area (Å²) in [6, 6.07) is 18.4. The highest BCUT2D eigenvalue weighted by Gasteiger charge is 2.08. The van der Waals surface area contributed by atoms with Gasteiger partial charge in [0, 0.05) is 31.4 Å². The van der Waals surface area contributed by atoms with E-state index in [1.807, 2.05) is 49.4 Å². The largest absolute Gasteiger partial charge is 0.459 e. The van der Waals surface area contributed by atoms with Gasteiger partial charge in [-0.05, 0) is 60.9 Å². The molecule has 34 heavy (non-hydrogen) atoms. The number of rotatable bonds is 9. The lowest BCUT2D eigenvalue weighted by Crippen LogP contribution is -2.38. The second kappa shape index (κ2) is 14.0. The molecule has 0 unspecified atom stereocenters. The molecular formula is C25H30IN5O3. The number of aliphatic imine (C=N–C) groups is 1. The molecule has 9 heteroatoms.